The van der Waals surface area contributed by atoms with Crippen molar-refractivity contribution in [3.05, 3.63) is 34.3 Å². The SMILES string of the molecule is CCCNc1ncnc(OCCc2cccs2)c1C(C)C. The first kappa shape index (κ1) is 15.8. The van der Waals surface area contributed by atoms with Crippen LogP contribution in [-0.4, -0.2) is 23.1 Å². The molecule has 114 valence electrons. The molecule has 0 aliphatic carbocycles. The number of aromatic nitrogens is 2. The summed E-state index contributed by atoms with van der Waals surface area (Å²) >= 11 is 1.76. The highest BCUT2D eigenvalue weighted by molar-refractivity contribution is 7.09. The van der Waals surface area contributed by atoms with Gasteiger partial charge in [0.25, 0.3) is 0 Å². The maximum absolute atomic E-state index is 5.91. The maximum atomic E-state index is 5.91. The van der Waals surface area contributed by atoms with Crippen LogP contribution in [0.15, 0.2) is 23.8 Å². The third kappa shape index (κ3) is 4.43. The zero-order valence-electron chi connectivity index (χ0n) is 12.9. The Hall–Kier alpha value is -1.62. The van der Waals surface area contributed by atoms with Gasteiger partial charge >= 0.3 is 0 Å². The first-order valence-corrected chi connectivity index (χ1v) is 8.34. The molecule has 21 heavy (non-hydrogen) atoms. The number of hydrogen-bond acceptors (Lipinski definition) is 5. The highest BCUT2D eigenvalue weighted by atomic mass is 32.1. The number of thiophene rings is 1. The molecular weight excluding hydrogens is 282 g/mol. The number of nitrogens with one attached hydrogen (secondary N) is 1. The van der Waals surface area contributed by atoms with Crippen molar-refractivity contribution in [2.75, 3.05) is 18.5 Å². The molecule has 5 heteroatoms. The zero-order valence-corrected chi connectivity index (χ0v) is 13.7. The largest absolute Gasteiger partial charge is 0.477 e. The smallest absolute Gasteiger partial charge is 0.222 e. The van der Waals surface area contributed by atoms with Gasteiger partial charge < -0.3 is 10.1 Å². The Balaban J connectivity index is 2.06. The van der Waals surface area contributed by atoms with E-state index in [1.807, 2.05) is 0 Å². The molecule has 0 aliphatic rings. The van der Waals surface area contributed by atoms with E-state index >= 15 is 0 Å². The van der Waals surface area contributed by atoms with Gasteiger partial charge in [0.05, 0.1) is 12.2 Å². The van der Waals surface area contributed by atoms with Crippen LogP contribution in [0.2, 0.25) is 0 Å². The fourth-order valence-corrected chi connectivity index (χ4v) is 2.79. The number of ether oxygens (including phenoxy) is 1. The number of rotatable bonds is 8. The molecule has 2 rings (SSSR count). The van der Waals surface area contributed by atoms with Gasteiger partial charge in [-0.05, 0) is 23.8 Å². The molecule has 0 saturated carbocycles. The van der Waals surface area contributed by atoms with E-state index in [0.29, 0.717) is 18.4 Å². The van der Waals surface area contributed by atoms with E-state index in [-0.39, 0.29) is 0 Å². The molecule has 2 heterocycles. The second-order valence-electron chi connectivity index (χ2n) is 5.20. The molecular formula is C16H23N3OS. The van der Waals surface area contributed by atoms with Gasteiger partial charge in [-0.1, -0.05) is 26.8 Å². The summed E-state index contributed by atoms with van der Waals surface area (Å²) in [5.74, 6) is 1.92. The van der Waals surface area contributed by atoms with E-state index in [0.717, 1.165) is 30.8 Å². The lowest BCUT2D eigenvalue weighted by molar-refractivity contribution is 0.305. The molecule has 0 saturated heterocycles. The van der Waals surface area contributed by atoms with Gasteiger partial charge in [-0.15, -0.1) is 11.3 Å². The molecule has 0 atom stereocenters. The van der Waals surface area contributed by atoms with Gasteiger partial charge in [0.1, 0.15) is 12.1 Å². The Morgan fingerprint density at radius 3 is 2.86 bits per heavy atom. The van der Waals surface area contributed by atoms with Crippen LogP contribution in [0.3, 0.4) is 0 Å². The van der Waals surface area contributed by atoms with Crippen molar-refractivity contribution < 1.29 is 4.74 Å². The van der Waals surface area contributed by atoms with Crippen molar-refractivity contribution in [2.45, 2.75) is 39.5 Å². The van der Waals surface area contributed by atoms with Gasteiger partial charge in [-0.2, -0.15) is 0 Å². The Labute approximate surface area is 130 Å². The van der Waals surface area contributed by atoms with Crippen molar-refractivity contribution in [3.63, 3.8) is 0 Å². The zero-order chi connectivity index (χ0) is 15.1. The van der Waals surface area contributed by atoms with Crippen LogP contribution in [0, 0.1) is 0 Å². The molecule has 1 N–H and O–H groups in total. The summed E-state index contributed by atoms with van der Waals surface area (Å²) in [5, 5.41) is 5.45. The summed E-state index contributed by atoms with van der Waals surface area (Å²) in [7, 11) is 0. The van der Waals surface area contributed by atoms with Gasteiger partial charge in [-0.3, -0.25) is 0 Å². The summed E-state index contributed by atoms with van der Waals surface area (Å²) in [4.78, 5) is 10.0. The van der Waals surface area contributed by atoms with E-state index in [9.17, 15) is 0 Å². The quantitative estimate of drug-likeness (QED) is 0.797. The van der Waals surface area contributed by atoms with E-state index in [2.05, 4.69) is 53.6 Å². The van der Waals surface area contributed by atoms with Crippen LogP contribution >= 0.6 is 11.3 Å². The van der Waals surface area contributed by atoms with Gasteiger partial charge in [0.2, 0.25) is 5.88 Å². The van der Waals surface area contributed by atoms with Crippen molar-refractivity contribution in [3.8, 4) is 5.88 Å². The molecule has 0 aliphatic heterocycles. The molecule has 2 aromatic rings. The van der Waals surface area contributed by atoms with Crippen LogP contribution in [-0.2, 0) is 6.42 Å². The fourth-order valence-electron chi connectivity index (χ4n) is 2.10. The Morgan fingerprint density at radius 2 is 2.19 bits per heavy atom. The Bertz CT molecular complexity index is 540. The van der Waals surface area contributed by atoms with Crippen molar-refractivity contribution in [1.29, 1.82) is 0 Å². The van der Waals surface area contributed by atoms with Crippen LogP contribution in [0.5, 0.6) is 5.88 Å². The Morgan fingerprint density at radius 1 is 1.33 bits per heavy atom. The minimum Gasteiger partial charge on any atom is -0.477 e. The average Bonchev–Trinajstić information content (AvgIpc) is 2.98. The number of nitrogens with zero attached hydrogens (tertiary/aromatic N) is 2. The topological polar surface area (TPSA) is 47.0 Å². The van der Waals surface area contributed by atoms with Gasteiger partial charge in [0.15, 0.2) is 0 Å². The lowest BCUT2D eigenvalue weighted by Crippen LogP contribution is -2.11. The molecule has 0 unspecified atom stereocenters. The molecule has 4 nitrogen and oxygen atoms in total. The molecule has 0 spiro atoms. The summed E-state index contributed by atoms with van der Waals surface area (Å²) in [5.41, 5.74) is 1.07. The summed E-state index contributed by atoms with van der Waals surface area (Å²) in [6.07, 6.45) is 3.55. The predicted molar refractivity (Wildman–Crippen MR) is 88.4 cm³/mol. The molecule has 0 amide bonds. The van der Waals surface area contributed by atoms with Crippen LogP contribution in [0.25, 0.3) is 0 Å². The minimum atomic E-state index is 0.322. The third-order valence-corrected chi connectivity index (χ3v) is 4.07. The summed E-state index contributed by atoms with van der Waals surface area (Å²) < 4.78 is 5.91. The highest BCUT2D eigenvalue weighted by Crippen LogP contribution is 2.30. The standard InChI is InChI=1S/C16H23N3OS/c1-4-8-17-15-14(12(2)3)16(19-11-18-15)20-9-7-13-6-5-10-21-13/h5-6,10-12H,4,7-9H2,1-3H3,(H,17,18,19). The molecule has 2 aromatic heterocycles. The first-order chi connectivity index (χ1) is 10.2. The van der Waals surface area contributed by atoms with Gasteiger partial charge in [-0.25, -0.2) is 9.97 Å². The van der Waals surface area contributed by atoms with Gasteiger partial charge in [0, 0.05) is 17.8 Å². The monoisotopic (exact) mass is 305 g/mol. The first-order valence-electron chi connectivity index (χ1n) is 7.46. The van der Waals surface area contributed by atoms with Crippen LogP contribution in [0.1, 0.15) is 43.6 Å². The summed E-state index contributed by atoms with van der Waals surface area (Å²) in [6, 6.07) is 4.20. The van der Waals surface area contributed by atoms with Crippen molar-refractivity contribution >= 4 is 17.2 Å². The van der Waals surface area contributed by atoms with Crippen LogP contribution < -0.4 is 10.1 Å². The number of anilines is 1. The minimum absolute atomic E-state index is 0.322. The molecule has 0 radical (unpaired) electrons. The Kier molecular flexibility index (Phi) is 5.99. The van der Waals surface area contributed by atoms with E-state index < -0.39 is 0 Å². The highest BCUT2D eigenvalue weighted by Gasteiger charge is 2.16. The van der Waals surface area contributed by atoms with Crippen molar-refractivity contribution in [2.24, 2.45) is 0 Å². The van der Waals surface area contributed by atoms with E-state index in [4.69, 9.17) is 4.74 Å². The van der Waals surface area contributed by atoms with Crippen LogP contribution in [0.4, 0.5) is 5.82 Å². The number of hydrogen-bond donors (Lipinski definition) is 1. The molecule has 0 bridgehead atoms. The molecule has 0 fully saturated rings. The maximum Gasteiger partial charge on any atom is 0.222 e. The average molecular weight is 305 g/mol. The summed E-state index contributed by atoms with van der Waals surface area (Å²) in [6.45, 7) is 7.97. The lowest BCUT2D eigenvalue weighted by atomic mass is 10.1. The van der Waals surface area contributed by atoms with Crippen molar-refractivity contribution in [1.82, 2.24) is 9.97 Å². The van der Waals surface area contributed by atoms with E-state index in [1.54, 1.807) is 17.7 Å². The normalized spacial score (nSPS) is 10.9. The fraction of sp³-hybridized carbons (Fsp3) is 0.500. The second kappa shape index (κ2) is 7.98. The lowest BCUT2D eigenvalue weighted by Gasteiger charge is -2.16. The predicted octanol–water partition coefficient (Wildman–Crippen LogP) is 4.10. The molecule has 0 aromatic carbocycles. The second-order valence-corrected chi connectivity index (χ2v) is 6.23. The van der Waals surface area contributed by atoms with E-state index in [1.165, 1.54) is 4.88 Å². The third-order valence-electron chi connectivity index (χ3n) is 3.13.